The summed E-state index contributed by atoms with van der Waals surface area (Å²) in [7, 11) is 1.69. The van der Waals surface area contributed by atoms with E-state index >= 15 is 0 Å². The fourth-order valence-electron chi connectivity index (χ4n) is 1.92. The summed E-state index contributed by atoms with van der Waals surface area (Å²) in [4.78, 5) is 25.0. The van der Waals surface area contributed by atoms with E-state index in [-0.39, 0.29) is 35.3 Å². The van der Waals surface area contributed by atoms with Crippen molar-refractivity contribution in [3.63, 3.8) is 0 Å². The molecule has 2 atom stereocenters. The van der Waals surface area contributed by atoms with Crippen LogP contribution in [0.4, 0.5) is 0 Å². The zero-order valence-electron chi connectivity index (χ0n) is 14.5. The van der Waals surface area contributed by atoms with Crippen molar-refractivity contribution >= 4 is 24.3 Å². The third kappa shape index (κ3) is 7.27. The van der Waals surface area contributed by atoms with Crippen molar-refractivity contribution in [3.05, 3.63) is 11.6 Å². The molecule has 0 aromatic rings. The Balaban J connectivity index is 0. The van der Waals surface area contributed by atoms with Gasteiger partial charge in [0.05, 0.1) is 12.1 Å². The highest BCUT2D eigenvalue weighted by atomic mass is 35.5. The van der Waals surface area contributed by atoms with Gasteiger partial charge in [0.25, 0.3) is 0 Å². The van der Waals surface area contributed by atoms with Crippen LogP contribution >= 0.6 is 12.4 Å². The molecule has 6 heteroatoms. The average molecular weight is 335 g/mol. The molecule has 0 bridgehead atoms. The van der Waals surface area contributed by atoms with Crippen molar-refractivity contribution in [2.24, 2.45) is 11.1 Å². The Bertz CT molecular complexity index is 403. The van der Waals surface area contributed by atoms with E-state index in [9.17, 15) is 9.59 Å². The molecule has 0 saturated carbocycles. The lowest BCUT2D eigenvalue weighted by Gasteiger charge is -2.33. The number of carboxylic acid groups (broad SMARTS) is 1. The summed E-state index contributed by atoms with van der Waals surface area (Å²) in [5.74, 6) is -1.12. The summed E-state index contributed by atoms with van der Waals surface area (Å²) in [6.45, 7) is 9.37. The molecule has 1 amide bonds. The summed E-state index contributed by atoms with van der Waals surface area (Å²) in [5, 5.41) is 9.02. The molecule has 0 aromatic heterocycles. The van der Waals surface area contributed by atoms with Crippen molar-refractivity contribution in [1.82, 2.24) is 4.90 Å². The lowest BCUT2D eigenvalue weighted by molar-refractivity contribution is -0.135. The number of aliphatic carboxylic acids is 1. The first-order valence-electron chi connectivity index (χ1n) is 7.46. The van der Waals surface area contributed by atoms with E-state index in [2.05, 4.69) is 6.92 Å². The van der Waals surface area contributed by atoms with Gasteiger partial charge in [-0.1, -0.05) is 46.6 Å². The number of amides is 1. The number of unbranched alkanes of at least 4 members (excludes halogenated alkanes) is 1. The minimum absolute atomic E-state index is 0. The fourth-order valence-corrected chi connectivity index (χ4v) is 1.92. The topological polar surface area (TPSA) is 83.6 Å². The molecule has 0 aromatic carbocycles. The molecule has 130 valence electrons. The van der Waals surface area contributed by atoms with Crippen LogP contribution in [0.3, 0.4) is 0 Å². The van der Waals surface area contributed by atoms with E-state index in [0.29, 0.717) is 0 Å². The average Bonchev–Trinajstić information content (AvgIpc) is 2.39. The SMILES string of the molecule is CCCC[C@@H](C=C(C)C(=O)O)N(C)C(=O)[C@@H](N)C(C)(C)C.Cl. The van der Waals surface area contributed by atoms with Crippen LogP contribution in [-0.4, -0.2) is 41.0 Å². The van der Waals surface area contributed by atoms with Crippen LogP contribution < -0.4 is 5.73 Å². The summed E-state index contributed by atoms with van der Waals surface area (Å²) in [5.41, 5.74) is 5.95. The molecule has 0 aliphatic rings. The summed E-state index contributed by atoms with van der Waals surface area (Å²) >= 11 is 0. The highest BCUT2D eigenvalue weighted by Crippen LogP contribution is 2.21. The molecule has 3 N–H and O–H groups in total. The van der Waals surface area contributed by atoms with Gasteiger partial charge in [-0.2, -0.15) is 0 Å². The predicted octanol–water partition coefficient (Wildman–Crippen LogP) is 2.83. The maximum absolute atomic E-state index is 12.5. The Kier molecular flexibility index (Phi) is 10.4. The quantitative estimate of drug-likeness (QED) is 0.701. The molecule has 0 unspecified atom stereocenters. The first kappa shape index (κ1) is 23.2. The molecule has 0 aliphatic heterocycles. The fraction of sp³-hybridized carbons (Fsp3) is 0.750. The zero-order chi connectivity index (χ0) is 16.8. The number of nitrogens with zero attached hydrogens (tertiary/aromatic N) is 1. The van der Waals surface area contributed by atoms with Crippen molar-refractivity contribution in [2.45, 2.75) is 66.0 Å². The first-order chi connectivity index (χ1) is 9.52. The molecule has 0 spiro atoms. The molecule has 0 radical (unpaired) electrons. The standard InChI is InChI=1S/C16H30N2O3.ClH/c1-7-8-9-12(10-11(2)15(20)21)18(6)14(19)13(17)16(3,4)5;/h10,12-13H,7-9,17H2,1-6H3,(H,20,21);1H/t12-,13+;/m0./s1. The molecule has 5 nitrogen and oxygen atoms in total. The van der Waals surface area contributed by atoms with Crippen LogP contribution in [0.15, 0.2) is 11.6 Å². The number of carboxylic acids is 1. The number of nitrogens with two attached hydrogens (primary N) is 1. The maximum atomic E-state index is 12.5. The van der Waals surface area contributed by atoms with E-state index in [1.165, 1.54) is 0 Å². The normalized spacial score (nSPS) is 14.8. The van der Waals surface area contributed by atoms with Gasteiger partial charge in [-0.25, -0.2) is 4.79 Å². The maximum Gasteiger partial charge on any atom is 0.331 e. The molecule has 0 rings (SSSR count). The molecule has 0 fully saturated rings. The van der Waals surface area contributed by atoms with Gasteiger partial charge in [-0.05, 0) is 18.8 Å². The highest BCUT2D eigenvalue weighted by Gasteiger charge is 2.31. The Morgan fingerprint density at radius 1 is 1.32 bits per heavy atom. The van der Waals surface area contributed by atoms with Crippen molar-refractivity contribution in [3.8, 4) is 0 Å². The van der Waals surface area contributed by atoms with E-state index < -0.39 is 12.0 Å². The lowest BCUT2D eigenvalue weighted by atomic mass is 9.86. The molecule has 0 aliphatic carbocycles. The minimum Gasteiger partial charge on any atom is -0.478 e. The lowest BCUT2D eigenvalue weighted by Crippen LogP contribution is -2.51. The van der Waals surface area contributed by atoms with Crippen LogP contribution in [0.1, 0.15) is 53.9 Å². The summed E-state index contributed by atoms with van der Waals surface area (Å²) in [6, 6.07) is -0.841. The van der Waals surface area contributed by atoms with Gasteiger partial charge in [-0.3, -0.25) is 4.79 Å². The Hall–Kier alpha value is -1.07. The highest BCUT2D eigenvalue weighted by molar-refractivity contribution is 5.86. The van der Waals surface area contributed by atoms with Crippen molar-refractivity contribution in [1.29, 1.82) is 0 Å². The smallest absolute Gasteiger partial charge is 0.331 e. The third-order valence-electron chi connectivity index (χ3n) is 3.68. The minimum atomic E-state index is -0.961. The zero-order valence-corrected chi connectivity index (χ0v) is 15.4. The number of likely N-dealkylation sites (N-methyl/N-ethyl adjacent to an activating group) is 1. The molecule has 0 heterocycles. The first-order valence-corrected chi connectivity index (χ1v) is 7.46. The second kappa shape index (κ2) is 9.85. The van der Waals surface area contributed by atoms with E-state index in [4.69, 9.17) is 10.8 Å². The van der Waals surface area contributed by atoms with E-state index in [1.807, 2.05) is 20.8 Å². The Morgan fingerprint density at radius 2 is 1.82 bits per heavy atom. The van der Waals surface area contributed by atoms with E-state index in [1.54, 1.807) is 24.9 Å². The van der Waals surface area contributed by atoms with E-state index in [0.717, 1.165) is 19.3 Å². The van der Waals surface area contributed by atoms with Gasteiger partial charge in [0.15, 0.2) is 0 Å². The third-order valence-corrected chi connectivity index (χ3v) is 3.68. The number of rotatable bonds is 7. The van der Waals surface area contributed by atoms with Crippen LogP contribution in [0.2, 0.25) is 0 Å². The van der Waals surface area contributed by atoms with Gasteiger partial charge in [0.2, 0.25) is 5.91 Å². The van der Waals surface area contributed by atoms with Gasteiger partial charge in [0.1, 0.15) is 0 Å². The van der Waals surface area contributed by atoms with Crippen LogP contribution in [0.5, 0.6) is 0 Å². The van der Waals surface area contributed by atoms with Gasteiger partial charge >= 0.3 is 5.97 Å². The molecule has 22 heavy (non-hydrogen) atoms. The van der Waals surface area contributed by atoms with Gasteiger partial charge < -0.3 is 15.7 Å². The van der Waals surface area contributed by atoms with Crippen LogP contribution in [0, 0.1) is 5.41 Å². The molecular formula is C16H31ClN2O3. The van der Waals surface area contributed by atoms with Crippen LogP contribution in [-0.2, 0) is 9.59 Å². The van der Waals surface area contributed by atoms with Crippen molar-refractivity contribution < 1.29 is 14.7 Å². The molecule has 0 saturated heterocycles. The number of halogens is 1. The number of hydrogen-bond acceptors (Lipinski definition) is 3. The largest absolute Gasteiger partial charge is 0.478 e. The monoisotopic (exact) mass is 334 g/mol. The van der Waals surface area contributed by atoms with Gasteiger partial charge in [0, 0.05) is 12.6 Å². The van der Waals surface area contributed by atoms with Crippen LogP contribution in [0.25, 0.3) is 0 Å². The van der Waals surface area contributed by atoms with Crippen molar-refractivity contribution in [2.75, 3.05) is 7.05 Å². The predicted molar refractivity (Wildman–Crippen MR) is 92.2 cm³/mol. The number of carbonyl (C=O) groups is 2. The molecular weight excluding hydrogens is 304 g/mol. The Labute approximate surface area is 140 Å². The second-order valence-electron chi connectivity index (χ2n) is 6.66. The Morgan fingerprint density at radius 3 is 2.18 bits per heavy atom. The number of carbonyl (C=O) groups excluding carboxylic acids is 1. The summed E-state index contributed by atoms with van der Waals surface area (Å²) < 4.78 is 0. The summed E-state index contributed by atoms with van der Waals surface area (Å²) in [6.07, 6.45) is 4.30. The van der Waals surface area contributed by atoms with Gasteiger partial charge in [-0.15, -0.1) is 12.4 Å². The number of hydrogen-bond donors (Lipinski definition) is 2. The second-order valence-corrected chi connectivity index (χ2v) is 6.66.